The third-order valence-corrected chi connectivity index (χ3v) is 6.28. The number of anilines is 1. The Bertz CT molecular complexity index is 676. The highest BCUT2D eigenvalue weighted by atomic mass is 16.2. The normalized spacial score (nSPS) is 25.1. The van der Waals surface area contributed by atoms with E-state index < -0.39 is 0 Å². The molecule has 27 heavy (non-hydrogen) atoms. The van der Waals surface area contributed by atoms with Gasteiger partial charge in [0.05, 0.1) is 5.92 Å². The van der Waals surface area contributed by atoms with E-state index in [0.717, 1.165) is 51.3 Å². The molecule has 146 valence electrons. The van der Waals surface area contributed by atoms with Crippen molar-refractivity contribution in [2.45, 2.75) is 32.1 Å². The second kappa shape index (κ2) is 7.87. The third-order valence-electron chi connectivity index (χ3n) is 6.28. The first kappa shape index (κ1) is 18.3. The van der Waals surface area contributed by atoms with Gasteiger partial charge in [-0.05, 0) is 49.7 Å². The van der Waals surface area contributed by atoms with Crippen molar-refractivity contribution < 1.29 is 9.59 Å². The molecule has 4 rings (SSSR count). The first-order chi connectivity index (χ1) is 13.1. The molecule has 1 aromatic heterocycles. The van der Waals surface area contributed by atoms with E-state index in [-0.39, 0.29) is 11.8 Å². The highest BCUT2D eigenvalue weighted by molar-refractivity contribution is 5.80. The van der Waals surface area contributed by atoms with E-state index >= 15 is 0 Å². The zero-order valence-corrected chi connectivity index (χ0v) is 16.2. The molecule has 0 aromatic carbocycles. The predicted molar refractivity (Wildman–Crippen MR) is 104 cm³/mol. The van der Waals surface area contributed by atoms with Gasteiger partial charge in [-0.1, -0.05) is 0 Å². The smallest absolute Gasteiger partial charge is 0.227 e. The lowest BCUT2D eigenvalue weighted by atomic mass is 10.1. The van der Waals surface area contributed by atoms with E-state index in [1.54, 1.807) is 12.4 Å². The number of hydrogen-bond acceptors (Lipinski definition) is 4. The summed E-state index contributed by atoms with van der Waals surface area (Å²) in [5.41, 5.74) is 1.15. The lowest BCUT2D eigenvalue weighted by Crippen LogP contribution is -2.37. The van der Waals surface area contributed by atoms with Gasteiger partial charge in [-0.3, -0.25) is 14.6 Å². The topological polar surface area (TPSA) is 56.8 Å². The Morgan fingerprint density at radius 2 is 1.85 bits per heavy atom. The molecule has 2 aliphatic heterocycles. The van der Waals surface area contributed by atoms with Gasteiger partial charge in [0.2, 0.25) is 11.8 Å². The van der Waals surface area contributed by atoms with Crippen LogP contribution in [0.2, 0.25) is 0 Å². The van der Waals surface area contributed by atoms with E-state index in [0.29, 0.717) is 24.2 Å². The summed E-state index contributed by atoms with van der Waals surface area (Å²) in [4.78, 5) is 35.4. The molecule has 1 saturated carbocycles. The molecule has 2 atom stereocenters. The van der Waals surface area contributed by atoms with Crippen LogP contribution < -0.4 is 4.90 Å². The summed E-state index contributed by atoms with van der Waals surface area (Å²) in [6, 6.07) is 4.01. The Hall–Kier alpha value is -2.11. The molecule has 3 fully saturated rings. The van der Waals surface area contributed by atoms with Gasteiger partial charge < -0.3 is 14.7 Å². The van der Waals surface area contributed by atoms with E-state index in [4.69, 9.17) is 0 Å². The zero-order chi connectivity index (χ0) is 18.8. The average molecular weight is 370 g/mol. The highest BCUT2D eigenvalue weighted by Gasteiger charge is 2.35. The molecule has 1 aromatic rings. The number of carbonyl (C=O) groups is 2. The number of hydrogen-bond donors (Lipinski definition) is 0. The van der Waals surface area contributed by atoms with Gasteiger partial charge in [-0.25, -0.2) is 0 Å². The Kier molecular flexibility index (Phi) is 5.32. The summed E-state index contributed by atoms with van der Waals surface area (Å²) in [5.74, 6) is 1.70. The van der Waals surface area contributed by atoms with Crippen LogP contribution in [0.1, 0.15) is 32.1 Å². The van der Waals surface area contributed by atoms with Gasteiger partial charge >= 0.3 is 0 Å². The molecule has 0 bridgehead atoms. The Morgan fingerprint density at radius 1 is 1.07 bits per heavy atom. The van der Waals surface area contributed by atoms with Crippen LogP contribution in [0.25, 0.3) is 0 Å². The molecular weight excluding hydrogens is 340 g/mol. The van der Waals surface area contributed by atoms with Crippen molar-refractivity contribution in [2.24, 2.45) is 17.8 Å². The van der Waals surface area contributed by atoms with Gasteiger partial charge in [0.1, 0.15) is 0 Å². The first-order valence-corrected chi connectivity index (χ1v) is 10.3. The van der Waals surface area contributed by atoms with Crippen molar-refractivity contribution in [1.82, 2.24) is 14.8 Å². The van der Waals surface area contributed by atoms with Crippen molar-refractivity contribution >= 4 is 17.5 Å². The van der Waals surface area contributed by atoms with Gasteiger partial charge in [-0.2, -0.15) is 0 Å². The Labute approximate surface area is 161 Å². The van der Waals surface area contributed by atoms with Gasteiger partial charge in [0.25, 0.3) is 0 Å². The van der Waals surface area contributed by atoms with Gasteiger partial charge in [0, 0.05) is 64.3 Å². The monoisotopic (exact) mass is 370 g/mol. The number of nitrogens with zero attached hydrogens (tertiary/aromatic N) is 4. The van der Waals surface area contributed by atoms with Crippen LogP contribution in [0.5, 0.6) is 0 Å². The van der Waals surface area contributed by atoms with E-state index in [2.05, 4.69) is 9.88 Å². The van der Waals surface area contributed by atoms with E-state index in [1.165, 1.54) is 12.8 Å². The maximum atomic E-state index is 12.9. The van der Waals surface area contributed by atoms with Crippen LogP contribution in [0.4, 0.5) is 5.69 Å². The molecule has 0 spiro atoms. The van der Waals surface area contributed by atoms with Crippen molar-refractivity contribution in [1.29, 1.82) is 0 Å². The molecule has 2 unspecified atom stereocenters. The summed E-state index contributed by atoms with van der Waals surface area (Å²) in [7, 11) is 1.92. The molecule has 2 amide bonds. The summed E-state index contributed by atoms with van der Waals surface area (Å²) in [6.45, 7) is 4.13. The van der Waals surface area contributed by atoms with Crippen LogP contribution in [0.3, 0.4) is 0 Å². The number of amides is 2. The van der Waals surface area contributed by atoms with Crippen LogP contribution in [-0.2, 0) is 9.59 Å². The van der Waals surface area contributed by atoms with Crippen LogP contribution in [0.15, 0.2) is 24.5 Å². The molecule has 0 N–H and O–H groups in total. The van der Waals surface area contributed by atoms with Crippen molar-refractivity contribution in [3.05, 3.63) is 24.5 Å². The minimum Gasteiger partial charge on any atom is -0.371 e. The SMILES string of the molecule is CN(CC1CCN(C(=O)C2CCN(c3ccncc3)C2)C1)C(=O)CC1CC1. The molecule has 3 aliphatic rings. The number of aromatic nitrogens is 1. The van der Waals surface area contributed by atoms with Crippen LogP contribution in [-0.4, -0.2) is 66.4 Å². The largest absolute Gasteiger partial charge is 0.371 e. The quantitative estimate of drug-likeness (QED) is 0.769. The lowest BCUT2D eigenvalue weighted by Gasteiger charge is -2.24. The van der Waals surface area contributed by atoms with Crippen LogP contribution >= 0.6 is 0 Å². The van der Waals surface area contributed by atoms with Crippen LogP contribution in [0, 0.1) is 17.8 Å². The molecule has 2 saturated heterocycles. The minimum absolute atomic E-state index is 0.0890. The summed E-state index contributed by atoms with van der Waals surface area (Å²) >= 11 is 0. The molecule has 3 heterocycles. The maximum Gasteiger partial charge on any atom is 0.227 e. The van der Waals surface area contributed by atoms with Gasteiger partial charge in [-0.15, -0.1) is 0 Å². The first-order valence-electron chi connectivity index (χ1n) is 10.3. The number of pyridine rings is 1. The predicted octanol–water partition coefficient (Wildman–Crippen LogP) is 2.01. The second-order valence-corrected chi connectivity index (χ2v) is 8.50. The summed E-state index contributed by atoms with van der Waals surface area (Å²) < 4.78 is 0. The fourth-order valence-electron chi connectivity index (χ4n) is 4.41. The minimum atomic E-state index is 0.0890. The zero-order valence-electron chi connectivity index (χ0n) is 16.2. The average Bonchev–Trinajstić information content (AvgIpc) is 3.18. The molecular formula is C21H30N4O2. The van der Waals surface area contributed by atoms with E-state index in [1.807, 2.05) is 29.0 Å². The molecule has 6 heteroatoms. The van der Waals surface area contributed by atoms with Crippen molar-refractivity contribution in [2.75, 3.05) is 44.7 Å². The van der Waals surface area contributed by atoms with Crippen molar-refractivity contribution in [3.63, 3.8) is 0 Å². The lowest BCUT2D eigenvalue weighted by molar-refractivity contribution is -0.133. The fourth-order valence-corrected chi connectivity index (χ4v) is 4.41. The standard InChI is InChI=1S/C21H30N4O2/c1-23(20(26)12-16-2-3-16)13-17-6-10-25(14-17)21(27)18-7-11-24(15-18)19-4-8-22-9-5-19/h4-5,8-9,16-18H,2-3,6-7,10-15H2,1H3. The number of rotatable bonds is 6. The van der Waals surface area contributed by atoms with Gasteiger partial charge in [0.15, 0.2) is 0 Å². The number of likely N-dealkylation sites (tertiary alicyclic amines) is 1. The van der Waals surface area contributed by atoms with Crippen molar-refractivity contribution in [3.8, 4) is 0 Å². The maximum absolute atomic E-state index is 12.9. The highest BCUT2D eigenvalue weighted by Crippen LogP contribution is 2.33. The summed E-state index contributed by atoms with van der Waals surface area (Å²) in [5, 5.41) is 0. The van der Waals surface area contributed by atoms with E-state index in [9.17, 15) is 9.59 Å². The number of carbonyl (C=O) groups excluding carboxylic acids is 2. The molecule has 6 nitrogen and oxygen atoms in total. The molecule has 1 aliphatic carbocycles. The Morgan fingerprint density at radius 3 is 2.59 bits per heavy atom. The summed E-state index contributed by atoms with van der Waals surface area (Å²) in [6.07, 6.45) is 8.66. The molecule has 0 radical (unpaired) electrons. The fraction of sp³-hybridized carbons (Fsp3) is 0.667. The third kappa shape index (κ3) is 4.42. The Balaban J connectivity index is 1.25. The second-order valence-electron chi connectivity index (χ2n) is 8.50.